The second-order valence-corrected chi connectivity index (χ2v) is 9.02. The summed E-state index contributed by atoms with van der Waals surface area (Å²) in [5, 5.41) is 19.3. The van der Waals surface area contributed by atoms with Crippen molar-refractivity contribution in [1.29, 1.82) is 0 Å². The molecule has 2 aliphatic heterocycles. The third kappa shape index (κ3) is 5.68. The minimum Gasteiger partial charge on any atom is -0.396 e. The first kappa shape index (κ1) is 19.6. The smallest absolute Gasteiger partial charge is 0.0611 e. The summed E-state index contributed by atoms with van der Waals surface area (Å²) in [5.74, 6) is 2.24. The van der Waals surface area contributed by atoms with Crippen LogP contribution in [0.1, 0.15) is 96.3 Å². The fourth-order valence-corrected chi connectivity index (χ4v) is 5.83. The number of unbranched alkanes of at least 4 members (excludes halogenated alkanes) is 4. The Morgan fingerprint density at radius 1 is 0.800 bits per heavy atom. The van der Waals surface area contributed by atoms with E-state index in [0.717, 1.165) is 31.1 Å². The van der Waals surface area contributed by atoms with Gasteiger partial charge in [0.05, 0.1) is 18.3 Å². The lowest BCUT2D eigenvalue weighted by molar-refractivity contribution is 0.0813. The molecule has 2 saturated heterocycles. The van der Waals surface area contributed by atoms with Crippen LogP contribution in [0, 0.1) is 17.8 Å². The summed E-state index contributed by atoms with van der Waals surface area (Å²) in [6.45, 7) is 0.339. The lowest BCUT2D eigenvalue weighted by Gasteiger charge is -2.29. The highest BCUT2D eigenvalue weighted by atomic mass is 16.5. The van der Waals surface area contributed by atoms with Gasteiger partial charge in [-0.25, -0.2) is 0 Å². The Kier molecular flexibility index (Phi) is 8.07. The van der Waals surface area contributed by atoms with Gasteiger partial charge in [0.2, 0.25) is 0 Å². The van der Waals surface area contributed by atoms with Gasteiger partial charge in [0.15, 0.2) is 0 Å². The zero-order chi connectivity index (χ0) is 17.5. The van der Waals surface area contributed by atoms with E-state index in [4.69, 9.17) is 9.84 Å². The van der Waals surface area contributed by atoms with E-state index in [1.807, 2.05) is 0 Å². The van der Waals surface area contributed by atoms with Crippen molar-refractivity contribution in [3.8, 4) is 0 Å². The Hall–Kier alpha value is -0.120. The van der Waals surface area contributed by atoms with E-state index >= 15 is 0 Å². The average molecular weight is 353 g/mol. The van der Waals surface area contributed by atoms with Crippen molar-refractivity contribution in [3.63, 3.8) is 0 Å². The fraction of sp³-hybridized carbons (Fsp3) is 1.00. The van der Waals surface area contributed by atoms with E-state index < -0.39 is 0 Å². The normalized spacial score (nSPS) is 33.4. The molecule has 0 spiro atoms. The molecule has 25 heavy (non-hydrogen) atoms. The monoisotopic (exact) mass is 352 g/mol. The predicted octanol–water partition coefficient (Wildman–Crippen LogP) is 4.83. The molecular weight excluding hydrogens is 312 g/mol. The number of hydrogen-bond acceptors (Lipinski definition) is 3. The summed E-state index contributed by atoms with van der Waals surface area (Å²) >= 11 is 0. The summed E-state index contributed by atoms with van der Waals surface area (Å²) < 4.78 is 6.24. The molecule has 2 heterocycles. The molecule has 0 amide bonds. The van der Waals surface area contributed by atoms with E-state index in [2.05, 4.69) is 0 Å². The average Bonchev–Trinajstić information content (AvgIpc) is 3.34. The number of ether oxygens (including phenoxy) is 1. The maximum absolute atomic E-state index is 10.5. The van der Waals surface area contributed by atoms with E-state index in [1.165, 1.54) is 77.0 Å². The molecule has 3 fully saturated rings. The second kappa shape index (κ2) is 10.3. The molecule has 0 radical (unpaired) electrons. The number of aliphatic hydroxyl groups excluding tert-OH is 2. The number of hydrogen-bond donors (Lipinski definition) is 2. The van der Waals surface area contributed by atoms with Gasteiger partial charge < -0.3 is 14.9 Å². The molecule has 2 bridgehead atoms. The van der Waals surface area contributed by atoms with Crippen LogP contribution < -0.4 is 0 Å². The zero-order valence-corrected chi connectivity index (χ0v) is 16.1. The van der Waals surface area contributed by atoms with Gasteiger partial charge in [0.25, 0.3) is 0 Å². The summed E-state index contributed by atoms with van der Waals surface area (Å²) in [4.78, 5) is 0. The first-order valence-corrected chi connectivity index (χ1v) is 11.2. The van der Waals surface area contributed by atoms with Crippen LogP contribution in [0.3, 0.4) is 0 Å². The van der Waals surface area contributed by atoms with Crippen molar-refractivity contribution >= 4 is 0 Å². The van der Waals surface area contributed by atoms with Crippen LogP contribution in [0.25, 0.3) is 0 Å². The first-order valence-electron chi connectivity index (χ1n) is 11.2. The molecule has 146 valence electrons. The second-order valence-electron chi connectivity index (χ2n) is 9.02. The highest BCUT2D eigenvalue weighted by molar-refractivity contribution is 4.96. The summed E-state index contributed by atoms with van der Waals surface area (Å²) in [6, 6.07) is 0. The van der Waals surface area contributed by atoms with Crippen LogP contribution in [0.4, 0.5) is 0 Å². The highest BCUT2D eigenvalue weighted by Gasteiger charge is 2.47. The molecule has 0 aromatic heterocycles. The number of rotatable bonds is 12. The van der Waals surface area contributed by atoms with Gasteiger partial charge in [-0.3, -0.25) is 0 Å². The topological polar surface area (TPSA) is 49.7 Å². The largest absolute Gasteiger partial charge is 0.396 e. The van der Waals surface area contributed by atoms with Gasteiger partial charge in [0, 0.05) is 6.61 Å². The van der Waals surface area contributed by atoms with Gasteiger partial charge >= 0.3 is 0 Å². The molecule has 3 aliphatic rings. The molecule has 3 heteroatoms. The Morgan fingerprint density at radius 3 is 2.16 bits per heavy atom. The van der Waals surface area contributed by atoms with Crippen LogP contribution in [-0.2, 0) is 4.74 Å². The van der Waals surface area contributed by atoms with Crippen LogP contribution >= 0.6 is 0 Å². The van der Waals surface area contributed by atoms with E-state index in [0.29, 0.717) is 24.7 Å². The standard InChI is InChI=1S/C22H40O3/c23-15-7-3-1-2-4-10-19-20(22-14-13-21(19)25-22)12-11-18(24)16-17-8-5-6-9-17/h17-24H,1-16H2/t18?,19-,20+,21-,22+/m1/s1. The van der Waals surface area contributed by atoms with Crippen LogP contribution in [0.15, 0.2) is 0 Å². The fourth-order valence-electron chi connectivity index (χ4n) is 5.83. The molecular formula is C22H40O3. The number of fused-ring (bicyclic) bond motifs is 2. The maximum atomic E-state index is 10.5. The van der Waals surface area contributed by atoms with Crippen LogP contribution in [0.5, 0.6) is 0 Å². The van der Waals surface area contributed by atoms with Gasteiger partial charge in [-0.2, -0.15) is 0 Å². The first-order chi connectivity index (χ1) is 12.3. The van der Waals surface area contributed by atoms with Crippen molar-refractivity contribution in [2.45, 2.75) is 115 Å². The van der Waals surface area contributed by atoms with Crippen LogP contribution in [0.2, 0.25) is 0 Å². The van der Waals surface area contributed by atoms with E-state index in [9.17, 15) is 5.11 Å². The van der Waals surface area contributed by atoms with Crippen molar-refractivity contribution in [1.82, 2.24) is 0 Å². The minimum atomic E-state index is -0.0821. The van der Waals surface area contributed by atoms with Crippen molar-refractivity contribution in [3.05, 3.63) is 0 Å². The molecule has 0 aromatic rings. The number of aliphatic hydroxyl groups is 2. The molecule has 1 aliphatic carbocycles. The molecule has 1 unspecified atom stereocenters. The van der Waals surface area contributed by atoms with Gasteiger partial charge in [0.1, 0.15) is 0 Å². The Labute approximate surface area is 154 Å². The molecule has 0 aromatic carbocycles. The molecule has 3 rings (SSSR count). The molecule has 3 nitrogen and oxygen atoms in total. The van der Waals surface area contributed by atoms with Crippen molar-refractivity contribution in [2.24, 2.45) is 17.8 Å². The summed E-state index contributed by atoms with van der Waals surface area (Å²) in [7, 11) is 0. The lowest BCUT2D eigenvalue weighted by Crippen LogP contribution is -2.28. The maximum Gasteiger partial charge on any atom is 0.0611 e. The van der Waals surface area contributed by atoms with Crippen molar-refractivity contribution < 1.29 is 14.9 Å². The SMILES string of the molecule is OCCCCCCC[C@@H]1[C@H](CCC(O)CC2CCCC2)[C@@H]2CC[C@H]1O2. The summed E-state index contributed by atoms with van der Waals surface area (Å²) in [5.41, 5.74) is 0. The lowest BCUT2D eigenvalue weighted by atomic mass is 9.74. The Morgan fingerprint density at radius 2 is 1.44 bits per heavy atom. The highest BCUT2D eigenvalue weighted by Crippen LogP contribution is 2.47. The summed E-state index contributed by atoms with van der Waals surface area (Å²) in [6.07, 6.45) is 19.4. The minimum absolute atomic E-state index is 0.0821. The zero-order valence-electron chi connectivity index (χ0n) is 16.1. The molecule has 5 atom stereocenters. The van der Waals surface area contributed by atoms with Crippen LogP contribution in [-0.4, -0.2) is 35.1 Å². The molecule has 1 saturated carbocycles. The van der Waals surface area contributed by atoms with Gasteiger partial charge in [-0.05, 0) is 62.7 Å². The van der Waals surface area contributed by atoms with Gasteiger partial charge in [-0.15, -0.1) is 0 Å². The molecule has 2 N–H and O–H groups in total. The Bertz CT molecular complexity index is 366. The van der Waals surface area contributed by atoms with Gasteiger partial charge in [-0.1, -0.05) is 51.4 Å². The van der Waals surface area contributed by atoms with E-state index in [-0.39, 0.29) is 6.10 Å². The predicted molar refractivity (Wildman–Crippen MR) is 101 cm³/mol. The quantitative estimate of drug-likeness (QED) is 0.494. The van der Waals surface area contributed by atoms with E-state index in [1.54, 1.807) is 0 Å². The third-order valence-corrected chi connectivity index (χ3v) is 7.20. The van der Waals surface area contributed by atoms with Crippen molar-refractivity contribution in [2.75, 3.05) is 6.61 Å². The Balaban J connectivity index is 1.36. The third-order valence-electron chi connectivity index (χ3n) is 7.20.